The van der Waals surface area contributed by atoms with Gasteiger partial charge in [0.25, 0.3) is 0 Å². The zero-order chi connectivity index (χ0) is 19.9. The molecule has 5 N–H and O–H groups in total. The van der Waals surface area contributed by atoms with Gasteiger partial charge < -0.3 is 16.0 Å². The Morgan fingerprint density at radius 2 is 1.96 bits per heavy atom. The Hall–Kier alpha value is -1.58. The van der Waals surface area contributed by atoms with Crippen LogP contribution < -0.4 is 21.1 Å². The molecule has 150 valence electrons. The number of nitrogens with two attached hydrogens (primary N) is 2. The number of benzene rings is 2. The molecule has 2 aromatic carbocycles. The molecule has 0 bridgehead atoms. The van der Waals surface area contributed by atoms with Gasteiger partial charge in [-0.05, 0) is 49.1 Å². The summed E-state index contributed by atoms with van der Waals surface area (Å²) in [5.74, 6) is 0.890. The summed E-state index contributed by atoms with van der Waals surface area (Å²) >= 11 is 1.44. The maximum absolute atomic E-state index is 11.7. The van der Waals surface area contributed by atoms with Crippen molar-refractivity contribution in [2.45, 2.75) is 54.1 Å². The van der Waals surface area contributed by atoms with E-state index in [1.165, 1.54) is 36.6 Å². The highest BCUT2D eigenvalue weighted by molar-refractivity contribution is 8.00. The molecule has 1 aliphatic heterocycles. The molecule has 0 amide bonds. The number of thioether (sulfide) groups is 1. The third-order valence-corrected chi connectivity index (χ3v) is 7.24. The number of rotatable bonds is 7. The quantitative estimate of drug-likeness (QED) is 0.639. The van der Waals surface area contributed by atoms with Crippen LogP contribution in [0.5, 0.6) is 0 Å². The van der Waals surface area contributed by atoms with Crippen molar-refractivity contribution < 1.29 is 8.42 Å². The predicted molar refractivity (Wildman–Crippen MR) is 114 cm³/mol. The smallest absolute Gasteiger partial charge is 0.238 e. The predicted octanol–water partition coefficient (Wildman–Crippen LogP) is 3.10. The standard InChI is InChI=1S/C20H26N4O2S2/c1-13(10-14-6-7-14)23-12-15-4-2-3-5-17(15)24-18-9-8-16(28(22,25)26)11-19(18)27-20(24)21/h2-5,8-9,11,13-14,20,23H,6-7,10,12,21H2,1H3,(H2,22,25,26)/t13-,20?/m0/s1. The van der Waals surface area contributed by atoms with Crippen LogP contribution in [-0.2, 0) is 16.6 Å². The minimum atomic E-state index is -3.74. The number of primary sulfonamides is 1. The third-order valence-electron chi connectivity index (χ3n) is 5.30. The minimum Gasteiger partial charge on any atom is -0.315 e. The Morgan fingerprint density at radius 3 is 2.68 bits per heavy atom. The number of hydrogen-bond donors (Lipinski definition) is 3. The first-order chi connectivity index (χ1) is 13.3. The van der Waals surface area contributed by atoms with Crippen LogP contribution in [0.4, 0.5) is 11.4 Å². The molecule has 6 nitrogen and oxygen atoms in total. The fourth-order valence-electron chi connectivity index (χ4n) is 3.67. The van der Waals surface area contributed by atoms with Crippen molar-refractivity contribution in [3.63, 3.8) is 0 Å². The lowest BCUT2D eigenvalue weighted by Gasteiger charge is -2.27. The first-order valence-electron chi connectivity index (χ1n) is 9.52. The van der Waals surface area contributed by atoms with Crippen LogP contribution in [0.1, 0.15) is 31.7 Å². The van der Waals surface area contributed by atoms with Gasteiger partial charge in [-0.2, -0.15) is 0 Å². The molecule has 4 rings (SSSR count). The number of para-hydroxylation sites is 1. The van der Waals surface area contributed by atoms with Crippen molar-refractivity contribution in [2.24, 2.45) is 16.8 Å². The van der Waals surface area contributed by atoms with E-state index in [9.17, 15) is 8.42 Å². The molecule has 2 atom stereocenters. The summed E-state index contributed by atoms with van der Waals surface area (Å²) in [5.41, 5.74) is 9.20. The van der Waals surface area contributed by atoms with Crippen molar-refractivity contribution in [1.82, 2.24) is 5.32 Å². The number of hydrogen-bond acceptors (Lipinski definition) is 6. The van der Waals surface area contributed by atoms with Crippen LogP contribution in [0.25, 0.3) is 0 Å². The summed E-state index contributed by atoms with van der Waals surface area (Å²) in [6.45, 7) is 3.00. The zero-order valence-electron chi connectivity index (χ0n) is 15.8. The van der Waals surface area contributed by atoms with E-state index in [0.29, 0.717) is 6.04 Å². The van der Waals surface area contributed by atoms with Gasteiger partial charge in [0.05, 0.1) is 10.6 Å². The monoisotopic (exact) mass is 418 g/mol. The normalized spacial score (nSPS) is 20.2. The van der Waals surface area contributed by atoms with Crippen molar-refractivity contribution in [3.8, 4) is 0 Å². The van der Waals surface area contributed by atoms with Gasteiger partial charge in [0.2, 0.25) is 10.0 Å². The van der Waals surface area contributed by atoms with Gasteiger partial charge in [0.15, 0.2) is 0 Å². The summed E-state index contributed by atoms with van der Waals surface area (Å²) in [6.07, 6.45) is 3.94. The second kappa shape index (κ2) is 7.68. The van der Waals surface area contributed by atoms with Gasteiger partial charge in [-0.3, -0.25) is 0 Å². The molecule has 28 heavy (non-hydrogen) atoms. The highest BCUT2D eigenvalue weighted by Crippen LogP contribution is 2.47. The molecule has 1 aliphatic carbocycles. The van der Waals surface area contributed by atoms with Crippen molar-refractivity contribution in [2.75, 3.05) is 4.90 Å². The van der Waals surface area contributed by atoms with Crippen LogP contribution in [-0.4, -0.2) is 20.0 Å². The molecule has 2 aliphatic rings. The zero-order valence-corrected chi connectivity index (χ0v) is 17.5. The SMILES string of the molecule is C[C@@H](CC1CC1)NCc1ccccc1N1c2ccc(S(N)(=O)=O)cc2SC1N. The van der Waals surface area contributed by atoms with E-state index in [2.05, 4.69) is 29.3 Å². The average Bonchev–Trinajstić information content (AvgIpc) is 3.39. The highest BCUT2D eigenvalue weighted by Gasteiger charge is 2.31. The highest BCUT2D eigenvalue weighted by atomic mass is 32.2. The third kappa shape index (κ3) is 4.21. The lowest BCUT2D eigenvalue weighted by Crippen LogP contribution is -2.33. The number of anilines is 2. The molecule has 1 unspecified atom stereocenters. The second-order valence-corrected chi connectivity index (χ2v) is 10.4. The van der Waals surface area contributed by atoms with Crippen molar-refractivity contribution in [3.05, 3.63) is 48.0 Å². The van der Waals surface area contributed by atoms with Crippen LogP contribution in [0, 0.1) is 5.92 Å². The summed E-state index contributed by atoms with van der Waals surface area (Å²) in [7, 11) is -3.74. The summed E-state index contributed by atoms with van der Waals surface area (Å²) in [4.78, 5) is 3.00. The molecule has 1 fully saturated rings. The van der Waals surface area contributed by atoms with Gasteiger partial charge >= 0.3 is 0 Å². The van der Waals surface area contributed by atoms with Gasteiger partial charge in [-0.15, -0.1) is 0 Å². The first-order valence-corrected chi connectivity index (χ1v) is 11.9. The topological polar surface area (TPSA) is 101 Å². The number of nitrogens with zero attached hydrogens (tertiary/aromatic N) is 1. The van der Waals surface area contributed by atoms with E-state index in [0.717, 1.165) is 28.7 Å². The van der Waals surface area contributed by atoms with E-state index >= 15 is 0 Å². The number of sulfonamides is 1. The first kappa shape index (κ1) is 19.7. The maximum Gasteiger partial charge on any atom is 0.238 e. The Kier molecular flexibility index (Phi) is 5.41. The van der Waals surface area contributed by atoms with Crippen LogP contribution in [0.3, 0.4) is 0 Å². The second-order valence-electron chi connectivity index (χ2n) is 7.64. The molecular weight excluding hydrogens is 392 g/mol. The van der Waals surface area contributed by atoms with Crippen LogP contribution in [0.2, 0.25) is 0 Å². The van der Waals surface area contributed by atoms with Crippen molar-refractivity contribution in [1.29, 1.82) is 0 Å². The lowest BCUT2D eigenvalue weighted by molar-refractivity contribution is 0.487. The van der Waals surface area contributed by atoms with Gasteiger partial charge in [0.1, 0.15) is 5.50 Å². The van der Waals surface area contributed by atoms with E-state index in [-0.39, 0.29) is 10.4 Å². The van der Waals surface area contributed by atoms with Gasteiger partial charge in [0, 0.05) is 23.2 Å². The molecule has 2 aromatic rings. The van der Waals surface area contributed by atoms with Gasteiger partial charge in [-0.25, -0.2) is 13.6 Å². The number of nitrogens with one attached hydrogen (secondary N) is 1. The lowest BCUT2D eigenvalue weighted by atomic mass is 10.1. The molecule has 0 aromatic heterocycles. The molecule has 8 heteroatoms. The Labute approximate surface area is 170 Å². The molecule has 0 saturated heterocycles. The number of fused-ring (bicyclic) bond motifs is 1. The minimum absolute atomic E-state index is 0.108. The maximum atomic E-state index is 11.7. The molecule has 0 spiro atoms. The largest absolute Gasteiger partial charge is 0.315 e. The summed E-state index contributed by atoms with van der Waals surface area (Å²) < 4.78 is 23.3. The van der Waals surface area contributed by atoms with Crippen LogP contribution in [0.15, 0.2) is 52.3 Å². The molecule has 0 radical (unpaired) electrons. The van der Waals surface area contributed by atoms with Gasteiger partial charge in [-0.1, -0.05) is 42.8 Å². The molecular formula is C20H26N4O2S2. The Balaban J connectivity index is 1.59. The molecule has 1 saturated carbocycles. The average molecular weight is 419 g/mol. The molecule has 1 heterocycles. The van der Waals surface area contributed by atoms with E-state index in [1.807, 2.05) is 12.1 Å². The fraction of sp³-hybridized carbons (Fsp3) is 0.400. The summed E-state index contributed by atoms with van der Waals surface area (Å²) in [5, 5.41) is 8.90. The van der Waals surface area contributed by atoms with E-state index in [1.54, 1.807) is 18.2 Å². The summed E-state index contributed by atoms with van der Waals surface area (Å²) in [6, 6.07) is 13.6. The fourth-order valence-corrected chi connectivity index (χ4v) is 5.36. The Bertz CT molecular complexity index is 976. The van der Waals surface area contributed by atoms with Crippen molar-refractivity contribution >= 4 is 33.2 Å². The van der Waals surface area contributed by atoms with E-state index in [4.69, 9.17) is 10.9 Å². The van der Waals surface area contributed by atoms with Crippen LogP contribution >= 0.6 is 11.8 Å². The van der Waals surface area contributed by atoms with E-state index < -0.39 is 10.0 Å². The Morgan fingerprint density at radius 1 is 1.21 bits per heavy atom.